The first-order chi connectivity index (χ1) is 8.22. The molecular formula is C12H13ClN4. The Morgan fingerprint density at radius 3 is 2.59 bits per heavy atom. The van der Waals surface area contributed by atoms with Crippen LogP contribution in [0.2, 0.25) is 5.02 Å². The molecule has 4 nitrogen and oxygen atoms in total. The molecular weight excluding hydrogens is 236 g/mol. The second-order valence-corrected chi connectivity index (χ2v) is 4.07. The summed E-state index contributed by atoms with van der Waals surface area (Å²) in [5.74, 6) is 6.00. The number of aromatic nitrogens is 1. The van der Waals surface area contributed by atoms with Crippen molar-refractivity contribution in [3.8, 4) is 0 Å². The zero-order valence-electron chi connectivity index (χ0n) is 9.10. The lowest BCUT2D eigenvalue weighted by molar-refractivity contribution is 0.637. The Morgan fingerprint density at radius 2 is 1.94 bits per heavy atom. The summed E-state index contributed by atoms with van der Waals surface area (Å²) in [6.45, 7) is 0. The highest BCUT2D eigenvalue weighted by Gasteiger charge is 2.16. The van der Waals surface area contributed by atoms with E-state index < -0.39 is 0 Å². The molecule has 0 aliphatic rings. The molecule has 17 heavy (non-hydrogen) atoms. The van der Waals surface area contributed by atoms with Crippen LogP contribution >= 0.6 is 11.6 Å². The van der Waals surface area contributed by atoms with Crippen LogP contribution in [0, 0.1) is 0 Å². The average Bonchev–Trinajstić information content (AvgIpc) is 2.36. The molecule has 2 aromatic rings. The van der Waals surface area contributed by atoms with Crippen molar-refractivity contribution in [1.82, 2.24) is 10.4 Å². The smallest absolute Gasteiger partial charge is 0.128 e. The van der Waals surface area contributed by atoms with E-state index in [2.05, 4.69) is 10.4 Å². The number of nitrogens with one attached hydrogen (secondary N) is 1. The van der Waals surface area contributed by atoms with Crippen LogP contribution in [0.1, 0.15) is 17.2 Å². The number of nitrogen functional groups attached to an aromatic ring is 1. The van der Waals surface area contributed by atoms with E-state index in [4.69, 9.17) is 23.2 Å². The van der Waals surface area contributed by atoms with Gasteiger partial charge in [-0.15, -0.1) is 0 Å². The molecule has 1 heterocycles. The molecule has 0 spiro atoms. The van der Waals surface area contributed by atoms with Gasteiger partial charge in [-0.3, -0.25) is 5.84 Å². The predicted octanol–water partition coefficient (Wildman–Crippen LogP) is 1.87. The Balaban J connectivity index is 2.46. The fraction of sp³-hybridized carbons (Fsp3) is 0.0833. The van der Waals surface area contributed by atoms with Crippen molar-refractivity contribution in [3.05, 3.63) is 58.7 Å². The van der Waals surface area contributed by atoms with Crippen LogP contribution in [0.3, 0.4) is 0 Å². The van der Waals surface area contributed by atoms with Crippen LogP contribution in [0.15, 0.2) is 42.6 Å². The number of nitrogens with zero attached hydrogens (tertiary/aromatic N) is 1. The number of anilines is 1. The minimum Gasteiger partial charge on any atom is -0.383 e. The van der Waals surface area contributed by atoms with E-state index in [1.165, 1.54) is 6.20 Å². The zero-order valence-corrected chi connectivity index (χ0v) is 9.85. The first-order valence-corrected chi connectivity index (χ1v) is 5.52. The number of pyridine rings is 1. The fourth-order valence-corrected chi connectivity index (χ4v) is 1.87. The molecule has 88 valence electrons. The minimum absolute atomic E-state index is 0.220. The summed E-state index contributed by atoms with van der Waals surface area (Å²) in [6, 6.07) is 11.3. The average molecular weight is 249 g/mol. The molecule has 1 aromatic heterocycles. The number of hydrazine groups is 1. The second-order valence-electron chi connectivity index (χ2n) is 3.64. The summed E-state index contributed by atoms with van der Waals surface area (Å²) in [6.07, 6.45) is 1.51. The molecule has 0 amide bonds. The maximum atomic E-state index is 5.92. The van der Waals surface area contributed by atoms with Crippen molar-refractivity contribution in [3.63, 3.8) is 0 Å². The van der Waals surface area contributed by atoms with Gasteiger partial charge in [-0.1, -0.05) is 41.9 Å². The highest BCUT2D eigenvalue weighted by Crippen LogP contribution is 2.26. The second kappa shape index (κ2) is 5.14. The first kappa shape index (κ1) is 11.9. The molecule has 0 bridgehead atoms. The van der Waals surface area contributed by atoms with Gasteiger partial charge in [-0.25, -0.2) is 10.4 Å². The molecule has 0 saturated carbocycles. The summed E-state index contributed by atoms with van der Waals surface area (Å²) >= 11 is 5.92. The highest BCUT2D eigenvalue weighted by molar-refractivity contribution is 6.30. The van der Waals surface area contributed by atoms with E-state index in [0.717, 1.165) is 11.1 Å². The van der Waals surface area contributed by atoms with Gasteiger partial charge in [-0.05, 0) is 11.6 Å². The standard InChI is InChI=1S/C12H13ClN4/c13-9-6-10(12(14)16-7-9)11(17-15)8-4-2-1-3-5-8/h1-7,11,17H,15H2,(H2,14,16). The van der Waals surface area contributed by atoms with Gasteiger partial charge in [0.1, 0.15) is 5.82 Å². The van der Waals surface area contributed by atoms with E-state index in [9.17, 15) is 0 Å². The van der Waals surface area contributed by atoms with E-state index in [0.29, 0.717) is 10.8 Å². The zero-order chi connectivity index (χ0) is 12.3. The maximum Gasteiger partial charge on any atom is 0.128 e. The summed E-state index contributed by atoms with van der Waals surface area (Å²) < 4.78 is 0. The van der Waals surface area contributed by atoms with Gasteiger partial charge in [0, 0.05) is 11.8 Å². The maximum absolute atomic E-state index is 5.92. The molecule has 0 aliphatic carbocycles. The van der Waals surface area contributed by atoms with Crippen molar-refractivity contribution < 1.29 is 0 Å². The molecule has 0 fully saturated rings. The van der Waals surface area contributed by atoms with Gasteiger partial charge in [0.25, 0.3) is 0 Å². The molecule has 0 saturated heterocycles. The van der Waals surface area contributed by atoms with Crippen molar-refractivity contribution in [2.45, 2.75) is 6.04 Å². The quantitative estimate of drug-likeness (QED) is 0.573. The third-order valence-electron chi connectivity index (χ3n) is 2.53. The lowest BCUT2D eigenvalue weighted by Gasteiger charge is -2.18. The Bertz CT molecular complexity index is 501. The third kappa shape index (κ3) is 2.55. The molecule has 5 heteroatoms. The van der Waals surface area contributed by atoms with Crippen LogP contribution < -0.4 is 17.0 Å². The van der Waals surface area contributed by atoms with Crippen molar-refractivity contribution in [1.29, 1.82) is 0 Å². The van der Waals surface area contributed by atoms with Gasteiger partial charge in [0.2, 0.25) is 0 Å². The summed E-state index contributed by atoms with van der Waals surface area (Å²) in [7, 11) is 0. The number of rotatable bonds is 3. The lowest BCUT2D eigenvalue weighted by atomic mass is 10.00. The summed E-state index contributed by atoms with van der Waals surface area (Å²) in [5, 5.41) is 0.533. The summed E-state index contributed by atoms with van der Waals surface area (Å²) in [5.41, 5.74) is 10.3. The predicted molar refractivity (Wildman–Crippen MR) is 69.3 cm³/mol. The number of halogens is 1. The highest BCUT2D eigenvalue weighted by atomic mass is 35.5. The monoisotopic (exact) mass is 248 g/mol. The van der Waals surface area contributed by atoms with Crippen LogP contribution in [-0.2, 0) is 0 Å². The molecule has 1 aromatic carbocycles. The van der Waals surface area contributed by atoms with Crippen LogP contribution in [0.4, 0.5) is 5.82 Å². The van der Waals surface area contributed by atoms with Gasteiger partial charge >= 0.3 is 0 Å². The normalized spacial score (nSPS) is 12.4. The van der Waals surface area contributed by atoms with E-state index in [1.54, 1.807) is 6.07 Å². The summed E-state index contributed by atoms with van der Waals surface area (Å²) in [4.78, 5) is 4.02. The number of benzene rings is 1. The molecule has 0 aliphatic heterocycles. The Morgan fingerprint density at radius 1 is 1.24 bits per heavy atom. The number of nitrogens with two attached hydrogens (primary N) is 2. The lowest BCUT2D eigenvalue weighted by Crippen LogP contribution is -2.29. The largest absolute Gasteiger partial charge is 0.383 e. The minimum atomic E-state index is -0.220. The Labute approximate surface area is 105 Å². The van der Waals surface area contributed by atoms with E-state index >= 15 is 0 Å². The first-order valence-electron chi connectivity index (χ1n) is 5.14. The number of hydrogen-bond donors (Lipinski definition) is 3. The van der Waals surface area contributed by atoms with E-state index in [-0.39, 0.29) is 6.04 Å². The van der Waals surface area contributed by atoms with Crippen LogP contribution in [0.5, 0.6) is 0 Å². The molecule has 2 rings (SSSR count). The topological polar surface area (TPSA) is 77.0 Å². The van der Waals surface area contributed by atoms with Gasteiger partial charge in [-0.2, -0.15) is 0 Å². The van der Waals surface area contributed by atoms with Crippen molar-refractivity contribution in [2.75, 3.05) is 5.73 Å². The Hall–Kier alpha value is -1.62. The van der Waals surface area contributed by atoms with Crippen molar-refractivity contribution >= 4 is 17.4 Å². The number of hydrogen-bond acceptors (Lipinski definition) is 4. The van der Waals surface area contributed by atoms with Gasteiger partial charge < -0.3 is 5.73 Å². The third-order valence-corrected chi connectivity index (χ3v) is 2.73. The Kier molecular flexibility index (Phi) is 3.58. The van der Waals surface area contributed by atoms with Crippen LogP contribution in [0.25, 0.3) is 0 Å². The molecule has 1 unspecified atom stereocenters. The molecule has 0 radical (unpaired) electrons. The van der Waals surface area contributed by atoms with Gasteiger partial charge in [0.05, 0.1) is 11.1 Å². The van der Waals surface area contributed by atoms with Crippen molar-refractivity contribution in [2.24, 2.45) is 5.84 Å². The van der Waals surface area contributed by atoms with Crippen LogP contribution in [-0.4, -0.2) is 4.98 Å². The molecule has 5 N–H and O–H groups in total. The molecule has 1 atom stereocenters. The van der Waals surface area contributed by atoms with Gasteiger partial charge in [0.15, 0.2) is 0 Å². The SMILES string of the molecule is NNC(c1ccccc1)c1cc(Cl)cnc1N. The fourth-order valence-electron chi connectivity index (χ4n) is 1.71. The van der Waals surface area contributed by atoms with E-state index in [1.807, 2.05) is 30.3 Å².